The minimum absolute atomic E-state index is 0.00818. The number of carbonyl (C=O) groups excluding carboxylic acids is 1. The second kappa shape index (κ2) is 9.27. The molecule has 2 aromatic rings. The third-order valence-corrected chi connectivity index (χ3v) is 9.29. The van der Waals surface area contributed by atoms with Gasteiger partial charge in [-0.2, -0.15) is 0 Å². The first-order valence-corrected chi connectivity index (χ1v) is 13.5. The summed E-state index contributed by atoms with van der Waals surface area (Å²) in [6.07, 6.45) is 8.06. The topological polar surface area (TPSA) is 89.2 Å². The van der Waals surface area contributed by atoms with Gasteiger partial charge in [-0.1, -0.05) is 24.0 Å². The van der Waals surface area contributed by atoms with E-state index in [1.165, 1.54) is 51.0 Å². The van der Waals surface area contributed by atoms with Crippen LogP contribution in [0.25, 0.3) is 17.4 Å². The zero-order valence-corrected chi connectivity index (χ0v) is 21.5. The predicted molar refractivity (Wildman–Crippen MR) is 140 cm³/mol. The fraction of sp³-hybridized carbons (Fsp3) is 0.444. The second-order valence-corrected chi connectivity index (χ2v) is 11.9. The molecule has 2 heterocycles. The number of rotatable bonds is 7. The third-order valence-electron chi connectivity index (χ3n) is 7.96. The minimum Gasteiger partial charge on any atom is -0.497 e. The van der Waals surface area contributed by atoms with Crippen LogP contribution in [0.1, 0.15) is 37.9 Å². The molecule has 1 aromatic heterocycles. The Bertz CT molecular complexity index is 1240. The molecule has 4 aliphatic carbocycles. The number of carboxylic acid groups (broad SMARTS) is 1. The number of aliphatic carboxylic acids is 1. The second-order valence-electron chi connectivity index (χ2n) is 10.3. The van der Waals surface area contributed by atoms with Crippen molar-refractivity contribution in [1.82, 2.24) is 4.90 Å². The number of carbonyl (C=O) groups is 2. The predicted octanol–water partition coefficient (Wildman–Crippen LogP) is 5.44. The Labute approximate surface area is 218 Å². The molecule has 7 rings (SSSR count). The molecule has 0 unspecified atom stereocenters. The van der Waals surface area contributed by atoms with Crippen LogP contribution in [0.5, 0.6) is 11.5 Å². The lowest BCUT2D eigenvalue weighted by molar-refractivity contribution is -0.139. The third kappa shape index (κ3) is 4.32. The highest BCUT2D eigenvalue weighted by Crippen LogP contribution is 2.56. The van der Waals surface area contributed by atoms with Gasteiger partial charge >= 0.3 is 5.97 Å². The monoisotopic (exact) mass is 525 g/mol. The van der Waals surface area contributed by atoms with E-state index < -0.39 is 12.6 Å². The average molecular weight is 526 g/mol. The van der Waals surface area contributed by atoms with Crippen LogP contribution in [0.15, 0.2) is 39.7 Å². The number of thioether (sulfide) groups is 1. The van der Waals surface area contributed by atoms with Crippen LogP contribution in [0.2, 0.25) is 0 Å². The van der Waals surface area contributed by atoms with Crippen LogP contribution in [0.4, 0.5) is 0 Å². The summed E-state index contributed by atoms with van der Waals surface area (Å²) in [5.41, 5.74) is 0.676. The summed E-state index contributed by atoms with van der Waals surface area (Å²) < 4.78 is 17.3. The molecule has 1 aliphatic heterocycles. The molecule has 4 bridgehead atoms. The number of hydrogen-bond donors (Lipinski definition) is 1. The molecule has 5 fully saturated rings. The zero-order valence-electron chi connectivity index (χ0n) is 19.8. The molecule has 0 atom stereocenters. The summed E-state index contributed by atoms with van der Waals surface area (Å²) in [6, 6.07) is 8.94. The van der Waals surface area contributed by atoms with Crippen LogP contribution in [0.3, 0.4) is 0 Å². The van der Waals surface area contributed by atoms with Crippen molar-refractivity contribution in [3.05, 3.63) is 41.0 Å². The van der Waals surface area contributed by atoms with Gasteiger partial charge in [-0.3, -0.25) is 9.69 Å². The van der Waals surface area contributed by atoms with Gasteiger partial charge in [0.2, 0.25) is 0 Å². The molecule has 9 heteroatoms. The Morgan fingerprint density at radius 2 is 1.83 bits per heavy atom. The summed E-state index contributed by atoms with van der Waals surface area (Å²) in [5.74, 6) is 3.73. The van der Waals surface area contributed by atoms with Crippen molar-refractivity contribution in [3.8, 4) is 22.8 Å². The van der Waals surface area contributed by atoms with E-state index >= 15 is 0 Å². The van der Waals surface area contributed by atoms with Gasteiger partial charge in [0.15, 0.2) is 6.61 Å². The molecule has 1 amide bonds. The lowest BCUT2D eigenvalue weighted by atomic mass is 9.54. The number of benzene rings is 1. The van der Waals surface area contributed by atoms with E-state index in [9.17, 15) is 9.59 Å². The molecule has 36 heavy (non-hydrogen) atoms. The molecule has 1 N–H and O–H groups in total. The van der Waals surface area contributed by atoms with Gasteiger partial charge in [0.05, 0.1) is 12.0 Å². The lowest BCUT2D eigenvalue weighted by Gasteiger charge is -2.56. The number of thiocarbonyl (C=S) groups is 1. The Morgan fingerprint density at radius 1 is 1.14 bits per heavy atom. The van der Waals surface area contributed by atoms with E-state index in [1.807, 2.05) is 11.0 Å². The Balaban J connectivity index is 1.22. The average Bonchev–Trinajstić information content (AvgIpc) is 3.42. The van der Waals surface area contributed by atoms with Crippen LogP contribution in [-0.2, 0) is 9.59 Å². The molecule has 7 nitrogen and oxygen atoms in total. The number of amides is 1. The standard InChI is InChI=1S/C27H27NO6S2/c1-32-20-9-16(10-21(11-20)33-13-24(29)30)22-3-2-19(34-22)12-23-26(31)28(27(35)36-23)25-17-5-14-4-15(7-17)8-18(25)6-14/h2-3,9-12,14-15,17-18,25H,4-8,13H2,1H3,(H,29,30)/b23-12-. The van der Waals surface area contributed by atoms with Crippen molar-refractivity contribution >= 4 is 46.3 Å². The maximum atomic E-state index is 13.5. The van der Waals surface area contributed by atoms with Crippen molar-refractivity contribution in [2.45, 2.75) is 38.1 Å². The molecule has 1 aromatic carbocycles. The summed E-state index contributed by atoms with van der Waals surface area (Å²) in [7, 11) is 1.53. The molecule has 0 spiro atoms. The largest absolute Gasteiger partial charge is 0.497 e. The molecular formula is C27H27NO6S2. The van der Waals surface area contributed by atoms with Gasteiger partial charge in [-0.15, -0.1) is 0 Å². The van der Waals surface area contributed by atoms with Gasteiger partial charge in [0.25, 0.3) is 5.91 Å². The summed E-state index contributed by atoms with van der Waals surface area (Å²) >= 11 is 7.06. The molecule has 1 saturated heterocycles. The normalized spacial score (nSPS) is 29.9. The minimum atomic E-state index is -1.06. The molecular weight excluding hydrogens is 498 g/mol. The highest BCUT2D eigenvalue weighted by molar-refractivity contribution is 8.26. The van der Waals surface area contributed by atoms with Crippen LogP contribution < -0.4 is 9.47 Å². The number of hydrogen-bond acceptors (Lipinski definition) is 7. The van der Waals surface area contributed by atoms with Crippen molar-refractivity contribution in [2.24, 2.45) is 23.7 Å². The quantitative estimate of drug-likeness (QED) is 0.377. The highest BCUT2D eigenvalue weighted by atomic mass is 32.2. The number of ether oxygens (including phenoxy) is 2. The lowest BCUT2D eigenvalue weighted by Crippen LogP contribution is -2.57. The number of carboxylic acids is 1. The smallest absolute Gasteiger partial charge is 0.341 e. The van der Waals surface area contributed by atoms with E-state index in [4.69, 9.17) is 31.2 Å². The SMILES string of the molecule is COc1cc(OCC(=O)O)cc(-c2ccc(/C=C3\SC(=S)N(C4C5CC6CC(C5)CC4C6)C3=O)o2)c1. The van der Waals surface area contributed by atoms with Gasteiger partial charge in [-0.25, -0.2) is 4.79 Å². The molecule has 4 saturated carbocycles. The summed E-state index contributed by atoms with van der Waals surface area (Å²) in [6.45, 7) is -0.456. The first kappa shape index (κ1) is 23.6. The number of methoxy groups -OCH3 is 1. The van der Waals surface area contributed by atoms with Crippen molar-refractivity contribution in [1.29, 1.82) is 0 Å². The first-order chi connectivity index (χ1) is 17.4. The fourth-order valence-corrected chi connectivity index (χ4v) is 8.16. The van der Waals surface area contributed by atoms with Gasteiger partial charge in [0, 0.05) is 23.7 Å². The summed E-state index contributed by atoms with van der Waals surface area (Å²) in [4.78, 5) is 26.9. The van der Waals surface area contributed by atoms with Crippen molar-refractivity contribution < 1.29 is 28.6 Å². The Morgan fingerprint density at radius 3 is 2.50 bits per heavy atom. The van der Waals surface area contributed by atoms with Crippen molar-refractivity contribution in [2.75, 3.05) is 13.7 Å². The molecule has 188 valence electrons. The van der Waals surface area contributed by atoms with Gasteiger partial charge in [-0.05, 0) is 80.0 Å². The highest BCUT2D eigenvalue weighted by Gasteiger charge is 2.53. The summed E-state index contributed by atoms with van der Waals surface area (Å²) in [5, 5.41) is 8.91. The van der Waals surface area contributed by atoms with Gasteiger partial charge < -0.3 is 19.0 Å². The number of furan rings is 1. The van der Waals surface area contributed by atoms with E-state index in [-0.39, 0.29) is 11.9 Å². The van der Waals surface area contributed by atoms with Gasteiger partial charge in [0.1, 0.15) is 27.3 Å². The van der Waals surface area contributed by atoms with Crippen LogP contribution >= 0.6 is 24.0 Å². The van der Waals surface area contributed by atoms with Crippen LogP contribution in [0, 0.1) is 23.7 Å². The number of nitrogens with zero attached hydrogens (tertiary/aromatic N) is 1. The fourth-order valence-electron chi connectivity index (χ4n) is 6.83. The first-order valence-electron chi connectivity index (χ1n) is 12.3. The Hall–Kier alpha value is -2.78. The van der Waals surface area contributed by atoms with Crippen LogP contribution in [-0.4, -0.2) is 46.0 Å². The maximum Gasteiger partial charge on any atom is 0.341 e. The zero-order chi connectivity index (χ0) is 25.0. The van der Waals surface area contributed by atoms with Crippen molar-refractivity contribution in [3.63, 3.8) is 0 Å². The van der Waals surface area contributed by atoms with E-state index in [1.54, 1.807) is 30.3 Å². The van der Waals surface area contributed by atoms with E-state index in [2.05, 4.69) is 0 Å². The maximum absolute atomic E-state index is 13.5. The van der Waals surface area contributed by atoms with E-state index in [0.717, 1.165) is 11.8 Å². The molecule has 5 aliphatic rings. The Kier molecular flexibility index (Phi) is 6.08. The molecule has 0 radical (unpaired) electrons. The van der Waals surface area contributed by atoms with E-state index in [0.29, 0.717) is 49.6 Å².